The van der Waals surface area contributed by atoms with Gasteiger partial charge in [0.15, 0.2) is 0 Å². The van der Waals surface area contributed by atoms with Gasteiger partial charge in [-0.15, -0.1) is 5.10 Å². The second-order valence-electron chi connectivity index (χ2n) is 3.31. The Balaban J connectivity index is 2.55. The van der Waals surface area contributed by atoms with Crippen molar-refractivity contribution in [1.29, 1.82) is 0 Å². The smallest absolute Gasteiger partial charge is 0.243 e. The molecule has 0 spiro atoms. The molecular weight excluding hydrogens is 315 g/mol. The summed E-state index contributed by atoms with van der Waals surface area (Å²) in [6.07, 6.45) is -4.31. The third kappa shape index (κ3) is 2.21. The largest absolute Gasteiger partial charge is 0.461 e. The van der Waals surface area contributed by atoms with Crippen LogP contribution >= 0.6 is 11.6 Å². The minimum Gasteiger partial charge on any atom is -0.243 e. The van der Waals surface area contributed by atoms with E-state index in [4.69, 9.17) is 11.6 Å². The fraction of sp³-hybridized carbons (Fsp3) is 0.286. The van der Waals surface area contributed by atoms with Crippen molar-refractivity contribution < 1.29 is 26.7 Å². The van der Waals surface area contributed by atoms with E-state index in [-0.39, 0.29) is 4.68 Å². The molecule has 13 heteroatoms. The molecule has 20 heavy (non-hydrogen) atoms. The molecule has 0 N–H and O–H groups in total. The van der Waals surface area contributed by atoms with E-state index in [1.165, 1.54) is 0 Å². The van der Waals surface area contributed by atoms with Crippen LogP contribution in [0.25, 0.3) is 0 Å². The summed E-state index contributed by atoms with van der Waals surface area (Å²) in [7, 11) is 0. The van der Waals surface area contributed by atoms with E-state index in [0.717, 1.165) is 12.7 Å². The number of nitrogens with zero attached hydrogens (tertiary/aromatic N) is 6. The van der Waals surface area contributed by atoms with E-state index in [9.17, 15) is 26.7 Å². The molecule has 2 rings (SSSR count). The Hall–Kier alpha value is -2.11. The van der Waals surface area contributed by atoms with Crippen molar-refractivity contribution in [2.24, 2.45) is 0 Å². The zero-order valence-corrected chi connectivity index (χ0v) is 9.77. The highest BCUT2D eigenvalue weighted by Crippen LogP contribution is 2.43. The molecule has 2 heterocycles. The number of hydrogen-bond donors (Lipinski definition) is 0. The molecule has 2 aromatic heterocycles. The van der Waals surface area contributed by atoms with Crippen molar-refractivity contribution in [2.45, 2.75) is 12.1 Å². The van der Waals surface area contributed by atoms with Crippen molar-refractivity contribution >= 4 is 17.6 Å². The topological polar surface area (TPSA) is 78.5 Å². The number of aromatic nitrogens is 6. The van der Waals surface area contributed by atoms with E-state index < -0.39 is 29.2 Å². The standard InChI is InChI=1S/C7H2ClF5N6O/c8-4-16-3(6(9,10)7(11,12)13)19(17-4)5(20)18-2-14-1-15-18/h1-2H. The highest BCUT2D eigenvalue weighted by molar-refractivity contribution is 6.28. The predicted octanol–water partition coefficient (Wildman–Crippen LogP) is 1.69. The van der Waals surface area contributed by atoms with Gasteiger partial charge in [0.25, 0.3) is 0 Å². The van der Waals surface area contributed by atoms with Gasteiger partial charge < -0.3 is 0 Å². The lowest BCUT2D eigenvalue weighted by Crippen LogP contribution is -2.38. The summed E-state index contributed by atoms with van der Waals surface area (Å²) < 4.78 is 63.5. The first-order valence-electron chi connectivity index (χ1n) is 4.61. The number of carbonyl (C=O) groups excluding carboxylic acids is 1. The van der Waals surface area contributed by atoms with Crippen LogP contribution in [0.4, 0.5) is 26.7 Å². The second kappa shape index (κ2) is 4.47. The predicted molar refractivity (Wildman–Crippen MR) is 51.2 cm³/mol. The third-order valence-corrected chi connectivity index (χ3v) is 2.17. The fourth-order valence-corrected chi connectivity index (χ4v) is 1.31. The summed E-state index contributed by atoms with van der Waals surface area (Å²) in [5.74, 6) is -7.38. The Bertz CT molecular complexity index is 635. The maximum absolute atomic E-state index is 13.2. The van der Waals surface area contributed by atoms with E-state index in [1.807, 2.05) is 0 Å². The van der Waals surface area contributed by atoms with Gasteiger partial charge in [0.2, 0.25) is 11.1 Å². The van der Waals surface area contributed by atoms with Crippen LogP contribution in [-0.2, 0) is 5.92 Å². The molecule has 2 aromatic rings. The summed E-state index contributed by atoms with van der Waals surface area (Å²) in [6.45, 7) is 0. The third-order valence-electron chi connectivity index (χ3n) is 2.01. The zero-order chi connectivity index (χ0) is 15.1. The molecule has 0 bridgehead atoms. The first-order chi connectivity index (χ1) is 9.14. The van der Waals surface area contributed by atoms with Gasteiger partial charge in [0, 0.05) is 0 Å². The Kier molecular flexibility index (Phi) is 3.20. The van der Waals surface area contributed by atoms with Crippen LogP contribution in [-0.4, -0.2) is 41.7 Å². The van der Waals surface area contributed by atoms with Crippen molar-refractivity contribution in [3.8, 4) is 0 Å². The van der Waals surface area contributed by atoms with E-state index in [1.54, 1.807) is 0 Å². The summed E-state index contributed by atoms with van der Waals surface area (Å²) in [5.41, 5.74) is 0. The van der Waals surface area contributed by atoms with Crippen LogP contribution in [0.5, 0.6) is 0 Å². The number of halogens is 6. The first kappa shape index (κ1) is 14.3. The number of hydrogen-bond acceptors (Lipinski definition) is 5. The monoisotopic (exact) mass is 316 g/mol. The van der Waals surface area contributed by atoms with Crippen molar-refractivity contribution in [2.75, 3.05) is 0 Å². The van der Waals surface area contributed by atoms with Crippen LogP contribution in [0, 0.1) is 0 Å². The molecule has 0 amide bonds. The SMILES string of the molecule is O=C(n1cncn1)n1nc(Cl)nc1C(F)(F)C(F)(F)F. The normalized spacial score (nSPS) is 12.7. The van der Waals surface area contributed by atoms with Crippen molar-refractivity contribution in [3.63, 3.8) is 0 Å². The number of rotatable bonds is 1. The average molecular weight is 317 g/mol. The van der Waals surface area contributed by atoms with Crippen molar-refractivity contribution in [1.82, 2.24) is 29.5 Å². The highest BCUT2D eigenvalue weighted by Gasteiger charge is 2.62. The molecule has 108 valence electrons. The van der Waals surface area contributed by atoms with Crippen LogP contribution in [0.3, 0.4) is 0 Å². The zero-order valence-electron chi connectivity index (χ0n) is 9.01. The molecule has 0 aliphatic rings. The molecule has 0 aromatic carbocycles. The molecule has 7 nitrogen and oxygen atoms in total. The van der Waals surface area contributed by atoms with Gasteiger partial charge in [-0.3, -0.25) is 0 Å². The summed E-state index contributed by atoms with van der Waals surface area (Å²) in [5, 5.41) is 5.34. The van der Waals surface area contributed by atoms with Gasteiger partial charge >= 0.3 is 18.1 Å². The minimum atomic E-state index is -5.97. The molecule has 0 atom stereocenters. The Labute approximate surface area is 111 Å². The molecule has 0 aliphatic carbocycles. The average Bonchev–Trinajstić information content (AvgIpc) is 2.95. The Morgan fingerprint density at radius 3 is 2.40 bits per heavy atom. The molecule has 0 fully saturated rings. The minimum absolute atomic E-state index is 0.287. The summed E-state index contributed by atoms with van der Waals surface area (Å²) in [6, 6.07) is -1.44. The molecule has 0 aliphatic heterocycles. The van der Waals surface area contributed by atoms with Crippen LogP contribution in [0.2, 0.25) is 5.28 Å². The lowest BCUT2D eigenvalue weighted by Gasteiger charge is -2.18. The van der Waals surface area contributed by atoms with Gasteiger partial charge in [0.05, 0.1) is 0 Å². The molecular formula is C7H2ClF5N6O. The van der Waals surface area contributed by atoms with E-state index >= 15 is 0 Å². The number of alkyl halides is 5. The lowest BCUT2D eigenvalue weighted by molar-refractivity contribution is -0.293. The molecule has 0 saturated heterocycles. The second-order valence-corrected chi connectivity index (χ2v) is 3.65. The fourth-order valence-electron chi connectivity index (χ4n) is 1.15. The molecule has 0 radical (unpaired) electrons. The summed E-state index contributed by atoms with van der Waals surface area (Å²) in [4.78, 5) is 17.8. The van der Waals surface area contributed by atoms with Crippen LogP contribution in [0.15, 0.2) is 12.7 Å². The lowest BCUT2D eigenvalue weighted by atomic mass is 10.3. The first-order valence-corrected chi connectivity index (χ1v) is 4.99. The van der Waals surface area contributed by atoms with Crippen LogP contribution < -0.4 is 0 Å². The van der Waals surface area contributed by atoms with Gasteiger partial charge in [-0.1, -0.05) is 0 Å². The van der Waals surface area contributed by atoms with Crippen LogP contribution in [0.1, 0.15) is 5.82 Å². The van der Waals surface area contributed by atoms with E-state index in [0.29, 0.717) is 4.68 Å². The molecule has 0 saturated carbocycles. The maximum atomic E-state index is 13.2. The maximum Gasteiger partial charge on any atom is 0.461 e. The van der Waals surface area contributed by atoms with Crippen molar-refractivity contribution in [3.05, 3.63) is 23.8 Å². The Morgan fingerprint density at radius 1 is 1.25 bits per heavy atom. The van der Waals surface area contributed by atoms with Gasteiger partial charge in [-0.05, 0) is 11.6 Å². The highest BCUT2D eigenvalue weighted by atomic mass is 35.5. The Morgan fingerprint density at radius 2 is 1.90 bits per heavy atom. The molecule has 0 unspecified atom stereocenters. The number of carbonyl (C=O) groups is 1. The summed E-state index contributed by atoms with van der Waals surface area (Å²) >= 11 is 5.19. The van der Waals surface area contributed by atoms with Gasteiger partial charge in [-0.25, -0.2) is 9.78 Å². The van der Waals surface area contributed by atoms with E-state index in [2.05, 4.69) is 20.2 Å². The van der Waals surface area contributed by atoms with Gasteiger partial charge in [-0.2, -0.15) is 41.4 Å². The van der Waals surface area contributed by atoms with Gasteiger partial charge in [0.1, 0.15) is 12.7 Å². The quantitative estimate of drug-likeness (QED) is 0.748.